The molecule has 28 heavy (non-hydrogen) atoms. The number of nitrogens with one attached hydrogen (secondary N) is 2. The molecule has 1 unspecified atom stereocenters. The summed E-state index contributed by atoms with van der Waals surface area (Å²) in [5, 5.41) is 14.1. The Hall–Kier alpha value is -2.16. The summed E-state index contributed by atoms with van der Waals surface area (Å²) < 4.78 is 8.10. The maximum absolute atomic E-state index is 12.7. The summed E-state index contributed by atoms with van der Waals surface area (Å²) in [7, 11) is 0. The highest BCUT2D eigenvalue weighted by atomic mass is 16.5. The molecule has 0 saturated carbocycles. The van der Waals surface area contributed by atoms with Gasteiger partial charge in [-0.1, -0.05) is 26.0 Å². The first-order valence-corrected chi connectivity index (χ1v) is 10.4. The normalized spacial score (nSPS) is 21.2. The summed E-state index contributed by atoms with van der Waals surface area (Å²) >= 11 is 0. The first-order chi connectivity index (χ1) is 13.5. The number of ether oxygens (including phenoxy) is 1. The fourth-order valence-electron chi connectivity index (χ4n) is 3.97. The second kappa shape index (κ2) is 8.89. The van der Waals surface area contributed by atoms with Crippen LogP contribution in [0.4, 0.5) is 4.79 Å². The van der Waals surface area contributed by atoms with E-state index in [1.54, 1.807) is 0 Å². The van der Waals surface area contributed by atoms with Crippen molar-refractivity contribution < 1.29 is 14.3 Å². The molecule has 1 fully saturated rings. The molecule has 0 aromatic carbocycles. The number of carbonyl (C=O) groups is 2. The van der Waals surface area contributed by atoms with Crippen LogP contribution in [0, 0.1) is 5.92 Å². The van der Waals surface area contributed by atoms with E-state index in [1.165, 1.54) is 0 Å². The molecule has 1 aromatic rings. The van der Waals surface area contributed by atoms with Crippen molar-refractivity contribution in [1.82, 2.24) is 30.5 Å². The van der Waals surface area contributed by atoms with Gasteiger partial charge in [0.25, 0.3) is 0 Å². The lowest BCUT2D eigenvalue weighted by Gasteiger charge is -2.34. The van der Waals surface area contributed by atoms with Gasteiger partial charge in [-0.3, -0.25) is 4.79 Å². The van der Waals surface area contributed by atoms with Crippen LogP contribution in [-0.4, -0.2) is 57.1 Å². The van der Waals surface area contributed by atoms with E-state index in [4.69, 9.17) is 4.74 Å². The zero-order chi connectivity index (χ0) is 20.1. The molecule has 2 aliphatic heterocycles. The maximum Gasteiger partial charge on any atom is 0.315 e. The van der Waals surface area contributed by atoms with Crippen LogP contribution in [0.1, 0.15) is 57.8 Å². The third-order valence-electron chi connectivity index (χ3n) is 5.79. The number of hydrogen-bond donors (Lipinski definition) is 2. The molecular weight excluding hydrogens is 360 g/mol. The maximum atomic E-state index is 12.7. The van der Waals surface area contributed by atoms with Gasteiger partial charge in [0.2, 0.25) is 5.91 Å². The number of carbonyl (C=O) groups excluding carboxylic acids is 2. The summed E-state index contributed by atoms with van der Waals surface area (Å²) in [6.45, 7) is 9.41. The van der Waals surface area contributed by atoms with Crippen LogP contribution in [0.5, 0.6) is 0 Å². The fraction of sp³-hybridized carbons (Fsp3) is 0.789. The van der Waals surface area contributed by atoms with Crippen molar-refractivity contribution in [2.24, 2.45) is 5.92 Å². The third-order valence-corrected chi connectivity index (χ3v) is 5.79. The molecule has 0 bridgehead atoms. The van der Waals surface area contributed by atoms with E-state index in [1.807, 2.05) is 16.5 Å². The summed E-state index contributed by atoms with van der Waals surface area (Å²) in [6, 6.07) is -0.205. The van der Waals surface area contributed by atoms with E-state index < -0.39 is 0 Å². The van der Waals surface area contributed by atoms with Crippen LogP contribution in [0.2, 0.25) is 0 Å². The van der Waals surface area contributed by atoms with E-state index >= 15 is 0 Å². The standard InChI is InChI=1S/C19H32N6O3/c1-4-8-20-18(27)21-10-15-16-11-28-19(13-25(16)23-22-15)7-9-24(12-19)17(26)14(5-2)6-3/h14H,4-13H2,1-3H3,(H2,20,21,27). The lowest BCUT2D eigenvalue weighted by Crippen LogP contribution is -2.46. The SMILES string of the molecule is CCCNC(=O)NCc1nnn2c1COC1(CCN(C(=O)C(CC)CC)C1)C2. The zero-order valence-electron chi connectivity index (χ0n) is 17.2. The van der Waals surface area contributed by atoms with Crippen LogP contribution >= 0.6 is 0 Å². The second-order valence-electron chi connectivity index (χ2n) is 7.74. The molecule has 0 aliphatic carbocycles. The van der Waals surface area contributed by atoms with Crippen LogP contribution in [-0.2, 0) is 29.2 Å². The highest BCUT2D eigenvalue weighted by Crippen LogP contribution is 2.33. The molecule has 3 heterocycles. The molecule has 1 aromatic heterocycles. The number of hydrogen-bond acceptors (Lipinski definition) is 5. The summed E-state index contributed by atoms with van der Waals surface area (Å²) in [4.78, 5) is 26.4. The van der Waals surface area contributed by atoms with E-state index in [0.29, 0.717) is 32.8 Å². The Morgan fingerprint density at radius 1 is 1.21 bits per heavy atom. The average molecular weight is 393 g/mol. The lowest BCUT2D eigenvalue weighted by molar-refractivity contribution is -0.137. The van der Waals surface area contributed by atoms with Crippen molar-refractivity contribution in [3.05, 3.63) is 11.4 Å². The van der Waals surface area contributed by atoms with E-state index in [9.17, 15) is 9.59 Å². The lowest BCUT2D eigenvalue weighted by atomic mass is 10.0. The minimum absolute atomic E-state index is 0.0946. The van der Waals surface area contributed by atoms with Crippen molar-refractivity contribution >= 4 is 11.9 Å². The minimum Gasteiger partial charge on any atom is -0.365 e. The van der Waals surface area contributed by atoms with Crippen molar-refractivity contribution in [1.29, 1.82) is 0 Å². The Bertz CT molecular complexity index is 702. The number of likely N-dealkylation sites (tertiary alicyclic amines) is 1. The van der Waals surface area contributed by atoms with Crippen molar-refractivity contribution in [2.45, 2.75) is 71.8 Å². The van der Waals surface area contributed by atoms with Gasteiger partial charge in [-0.05, 0) is 25.7 Å². The van der Waals surface area contributed by atoms with Crippen molar-refractivity contribution in [3.63, 3.8) is 0 Å². The molecule has 9 nitrogen and oxygen atoms in total. The van der Waals surface area contributed by atoms with Gasteiger partial charge < -0.3 is 20.3 Å². The molecule has 1 saturated heterocycles. The molecule has 3 amide bonds. The molecule has 1 spiro atoms. The Morgan fingerprint density at radius 3 is 2.71 bits per heavy atom. The van der Waals surface area contributed by atoms with Gasteiger partial charge in [0.1, 0.15) is 11.3 Å². The Balaban J connectivity index is 1.59. The van der Waals surface area contributed by atoms with Crippen molar-refractivity contribution in [3.8, 4) is 0 Å². The largest absolute Gasteiger partial charge is 0.365 e. The van der Waals surface area contributed by atoms with Crippen molar-refractivity contribution in [2.75, 3.05) is 19.6 Å². The number of nitrogens with zero attached hydrogens (tertiary/aromatic N) is 4. The number of urea groups is 1. The quantitative estimate of drug-likeness (QED) is 0.731. The molecule has 3 rings (SSSR count). The number of rotatable bonds is 7. The Morgan fingerprint density at radius 2 is 2.00 bits per heavy atom. The average Bonchev–Trinajstić information content (AvgIpc) is 3.29. The van der Waals surface area contributed by atoms with Crippen LogP contribution in [0.15, 0.2) is 0 Å². The van der Waals surface area contributed by atoms with Crippen LogP contribution < -0.4 is 10.6 Å². The molecule has 9 heteroatoms. The van der Waals surface area contributed by atoms with E-state index in [2.05, 4.69) is 34.8 Å². The Labute approximate surface area is 166 Å². The number of amides is 3. The number of fused-ring (bicyclic) bond motifs is 1. The fourth-order valence-corrected chi connectivity index (χ4v) is 3.97. The predicted molar refractivity (Wildman–Crippen MR) is 103 cm³/mol. The monoisotopic (exact) mass is 392 g/mol. The molecule has 2 aliphatic rings. The van der Waals surface area contributed by atoms with Crippen LogP contribution in [0.25, 0.3) is 0 Å². The molecule has 0 radical (unpaired) electrons. The first kappa shape index (κ1) is 20.6. The molecule has 2 N–H and O–H groups in total. The summed E-state index contributed by atoms with van der Waals surface area (Å²) in [6.07, 6.45) is 3.44. The Kier molecular flexibility index (Phi) is 6.53. The van der Waals surface area contributed by atoms with E-state index in [-0.39, 0.29) is 23.5 Å². The topological polar surface area (TPSA) is 101 Å². The highest BCUT2D eigenvalue weighted by Gasteiger charge is 2.45. The third kappa shape index (κ3) is 4.29. The number of aromatic nitrogens is 3. The molecular formula is C19H32N6O3. The smallest absolute Gasteiger partial charge is 0.315 e. The molecule has 1 atom stereocenters. The molecule has 156 valence electrons. The van der Waals surface area contributed by atoms with Gasteiger partial charge in [0, 0.05) is 19.0 Å². The highest BCUT2D eigenvalue weighted by molar-refractivity contribution is 5.79. The predicted octanol–water partition coefficient (Wildman–Crippen LogP) is 1.42. The summed E-state index contributed by atoms with van der Waals surface area (Å²) in [5.41, 5.74) is 1.24. The van der Waals surface area contributed by atoms with Gasteiger partial charge in [0.15, 0.2) is 0 Å². The minimum atomic E-state index is -0.383. The van der Waals surface area contributed by atoms with Gasteiger partial charge in [0.05, 0.1) is 31.9 Å². The van der Waals surface area contributed by atoms with Gasteiger partial charge in [-0.15, -0.1) is 5.10 Å². The van der Waals surface area contributed by atoms with E-state index in [0.717, 1.165) is 43.6 Å². The summed E-state index contributed by atoms with van der Waals surface area (Å²) in [5.74, 6) is 0.329. The van der Waals surface area contributed by atoms with Gasteiger partial charge in [-0.25, -0.2) is 9.48 Å². The first-order valence-electron chi connectivity index (χ1n) is 10.4. The second-order valence-corrected chi connectivity index (χ2v) is 7.74. The zero-order valence-corrected chi connectivity index (χ0v) is 17.2. The van der Waals surface area contributed by atoms with Crippen LogP contribution in [0.3, 0.4) is 0 Å². The van der Waals surface area contributed by atoms with Gasteiger partial charge in [-0.2, -0.15) is 0 Å². The van der Waals surface area contributed by atoms with Gasteiger partial charge >= 0.3 is 6.03 Å².